The third kappa shape index (κ3) is 3.58. The largest absolute Gasteiger partial charge is 0.495 e. The van der Waals surface area contributed by atoms with Crippen molar-refractivity contribution in [1.29, 1.82) is 0 Å². The van der Waals surface area contributed by atoms with Crippen molar-refractivity contribution in [3.63, 3.8) is 0 Å². The van der Waals surface area contributed by atoms with Gasteiger partial charge in [-0.1, -0.05) is 17.4 Å². The van der Waals surface area contributed by atoms with E-state index in [0.717, 1.165) is 22.1 Å². The zero-order valence-electron chi connectivity index (χ0n) is 14.2. The minimum atomic E-state index is -0.813. The summed E-state index contributed by atoms with van der Waals surface area (Å²) in [6.45, 7) is -0.193. The molecule has 0 aliphatic carbocycles. The molecule has 0 spiro atoms. The van der Waals surface area contributed by atoms with Crippen LogP contribution in [0.3, 0.4) is 0 Å². The van der Waals surface area contributed by atoms with Crippen molar-refractivity contribution in [2.75, 3.05) is 14.2 Å². The maximum absolute atomic E-state index is 12.4. The average Bonchev–Trinajstić information content (AvgIpc) is 3.27. The average molecular weight is 391 g/mol. The van der Waals surface area contributed by atoms with Gasteiger partial charge >= 0.3 is 17.8 Å². The van der Waals surface area contributed by atoms with Crippen LogP contribution in [0.4, 0.5) is 5.88 Å². The second-order valence-corrected chi connectivity index (χ2v) is 6.17. The standard InChI is InChI=1S/C16H13N3O7S/c1-24-9-4-3-5-11-14(9)18(8-13(20)25-2)16(27-11)17-15(21)10-6-7-12(26-10)19(22)23/h3-7H,8H2,1-2H3. The SMILES string of the molecule is COC(=O)Cn1c(=NC(=O)c2ccc([N+](=O)[O-])o2)sc2cccc(OC)c21. The molecule has 0 saturated heterocycles. The number of rotatable bonds is 5. The summed E-state index contributed by atoms with van der Waals surface area (Å²) >= 11 is 1.15. The normalized spacial score (nSPS) is 11.6. The van der Waals surface area contributed by atoms with E-state index in [1.807, 2.05) is 0 Å². The molecule has 0 unspecified atom stereocenters. The van der Waals surface area contributed by atoms with Gasteiger partial charge in [0.15, 0.2) is 4.80 Å². The number of aromatic nitrogens is 1. The van der Waals surface area contributed by atoms with Crippen molar-refractivity contribution in [2.45, 2.75) is 6.54 Å². The summed E-state index contributed by atoms with van der Waals surface area (Å²) < 4.78 is 17.1. The maximum Gasteiger partial charge on any atom is 0.433 e. The fourth-order valence-electron chi connectivity index (χ4n) is 2.37. The highest BCUT2D eigenvalue weighted by Gasteiger charge is 2.19. The molecule has 1 aromatic carbocycles. The Hall–Kier alpha value is -3.47. The Kier molecular flexibility index (Phi) is 5.03. The molecule has 0 aliphatic rings. The van der Waals surface area contributed by atoms with Crippen molar-refractivity contribution >= 4 is 39.3 Å². The molecule has 11 heteroatoms. The van der Waals surface area contributed by atoms with E-state index >= 15 is 0 Å². The van der Waals surface area contributed by atoms with Crippen LogP contribution in [0.1, 0.15) is 10.6 Å². The first kappa shape index (κ1) is 18.3. The number of carbonyl (C=O) groups excluding carboxylic acids is 2. The molecule has 2 aromatic heterocycles. The van der Waals surface area contributed by atoms with Gasteiger partial charge in [0.1, 0.15) is 22.7 Å². The zero-order valence-corrected chi connectivity index (χ0v) is 15.0. The van der Waals surface area contributed by atoms with Crippen molar-refractivity contribution in [3.05, 3.63) is 51.0 Å². The molecule has 1 amide bonds. The number of ether oxygens (including phenoxy) is 2. The number of methoxy groups -OCH3 is 2. The van der Waals surface area contributed by atoms with Crippen LogP contribution in [-0.4, -0.2) is 35.6 Å². The fourth-order valence-corrected chi connectivity index (χ4v) is 3.42. The predicted molar refractivity (Wildman–Crippen MR) is 93.6 cm³/mol. The minimum Gasteiger partial charge on any atom is -0.495 e. The van der Waals surface area contributed by atoms with Gasteiger partial charge in [-0.25, -0.2) is 0 Å². The van der Waals surface area contributed by atoms with Gasteiger partial charge < -0.3 is 18.5 Å². The Morgan fingerprint density at radius 3 is 2.70 bits per heavy atom. The minimum absolute atomic E-state index is 0.193. The van der Waals surface area contributed by atoms with E-state index in [-0.39, 0.29) is 17.1 Å². The van der Waals surface area contributed by atoms with Gasteiger partial charge in [0, 0.05) is 0 Å². The second-order valence-electron chi connectivity index (χ2n) is 5.17. The number of esters is 1. The van der Waals surface area contributed by atoms with Gasteiger partial charge in [-0.3, -0.25) is 19.7 Å². The Labute approximate surface area is 155 Å². The number of amides is 1. The molecule has 0 aliphatic heterocycles. The van der Waals surface area contributed by atoms with E-state index in [2.05, 4.69) is 4.99 Å². The summed E-state index contributed by atoms with van der Waals surface area (Å²) in [5.74, 6) is -1.70. The monoisotopic (exact) mass is 391 g/mol. The topological polar surface area (TPSA) is 126 Å². The van der Waals surface area contributed by atoms with Crippen molar-refractivity contribution in [2.24, 2.45) is 4.99 Å². The Bertz CT molecular complexity index is 1110. The summed E-state index contributed by atoms with van der Waals surface area (Å²) in [6, 6.07) is 7.51. The summed E-state index contributed by atoms with van der Waals surface area (Å²) in [4.78, 5) is 38.3. The number of thiazole rings is 1. The number of hydrogen-bond acceptors (Lipinski definition) is 8. The van der Waals surface area contributed by atoms with Crippen molar-refractivity contribution in [3.8, 4) is 5.75 Å². The third-order valence-electron chi connectivity index (χ3n) is 3.58. The lowest BCUT2D eigenvalue weighted by atomic mass is 10.3. The molecule has 27 heavy (non-hydrogen) atoms. The lowest BCUT2D eigenvalue weighted by Crippen LogP contribution is -2.22. The molecule has 2 heterocycles. The molecule has 0 radical (unpaired) electrons. The maximum atomic E-state index is 12.4. The lowest BCUT2D eigenvalue weighted by Gasteiger charge is -2.07. The summed E-state index contributed by atoms with van der Waals surface area (Å²) in [7, 11) is 2.73. The predicted octanol–water partition coefficient (Wildman–Crippen LogP) is 2.13. The number of hydrogen-bond donors (Lipinski definition) is 0. The van der Waals surface area contributed by atoms with Crippen LogP contribution in [-0.2, 0) is 16.1 Å². The summed E-state index contributed by atoms with van der Waals surface area (Å²) in [6.07, 6.45) is 0. The van der Waals surface area contributed by atoms with Gasteiger partial charge in [0.05, 0.1) is 25.0 Å². The second kappa shape index (κ2) is 7.41. The van der Waals surface area contributed by atoms with Gasteiger partial charge in [-0.05, 0) is 18.2 Å². The third-order valence-corrected chi connectivity index (χ3v) is 4.62. The van der Waals surface area contributed by atoms with E-state index in [9.17, 15) is 19.7 Å². The van der Waals surface area contributed by atoms with Crippen LogP contribution in [0.5, 0.6) is 5.75 Å². The molecule has 3 rings (SSSR count). The van der Waals surface area contributed by atoms with Crippen LogP contribution in [0, 0.1) is 10.1 Å². The van der Waals surface area contributed by atoms with E-state index in [1.54, 1.807) is 18.2 Å². The highest BCUT2D eigenvalue weighted by Crippen LogP contribution is 2.27. The molecular weight excluding hydrogens is 378 g/mol. The Morgan fingerprint density at radius 2 is 2.07 bits per heavy atom. The van der Waals surface area contributed by atoms with E-state index in [4.69, 9.17) is 13.9 Å². The van der Waals surface area contributed by atoms with E-state index in [0.29, 0.717) is 11.3 Å². The number of fused-ring (bicyclic) bond motifs is 1. The van der Waals surface area contributed by atoms with Crippen molar-refractivity contribution in [1.82, 2.24) is 4.57 Å². The summed E-state index contributed by atoms with van der Waals surface area (Å²) in [5.41, 5.74) is 0.576. The van der Waals surface area contributed by atoms with Crippen LogP contribution < -0.4 is 9.54 Å². The number of furan rings is 1. The molecule has 10 nitrogen and oxygen atoms in total. The highest BCUT2D eigenvalue weighted by molar-refractivity contribution is 7.16. The first-order valence-corrected chi connectivity index (χ1v) is 8.32. The van der Waals surface area contributed by atoms with Gasteiger partial charge in [-0.2, -0.15) is 4.99 Å². The highest BCUT2D eigenvalue weighted by atomic mass is 32.1. The number of para-hydroxylation sites is 1. The van der Waals surface area contributed by atoms with Crippen molar-refractivity contribution < 1.29 is 28.4 Å². The molecule has 3 aromatic rings. The van der Waals surface area contributed by atoms with Crippen LogP contribution in [0.25, 0.3) is 10.2 Å². The smallest absolute Gasteiger partial charge is 0.433 e. The molecule has 0 fully saturated rings. The van der Waals surface area contributed by atoms with E-state index in [1.165, 1.54) is 24.9 Å². The number of carbonyl (C=O) groups is 2. The number of nitro groups is 1. The molecular formula is C16H13N3O7S. The van der Waals surface area contributed by atoms with Gasteiger partial charge in [0.2, 0.25) is 5.76 Å². The molecule has 0 atom stereocenters. The van der Waals surface area contributed by atoms with Gasteiger partial charge in [0.25, 0.3) is 0 Å². The molecule has 0 N–H and O–H groups in total. The summed E-state index contributed by atoms with van der Waals surface area (Å²) in [5, 5.41) is 10.7. The quantitative estimate of drug-likeness (QED) is 0.370. The Balaban J connectivity index is 2.15. The first-order valence-electron chi connectivity index (χ1n) is 7.51. The number of benzene rings is 1. The lowest BCUT2D eigenvalue weighted by molar-refractivity contribution is -0.402. The first-order chi connectivity index (χ1) is 12.9. The zero-order chi connectivity index (χ0) is 19.6. The van der Waals surface area contributed by atoms with Crippen LogP contribution in [0.15, 0.2) is 39.7 Å². The van der Waals surface area contributed by atoms with Crippen LogP contribution in [0.2, 0.25) is 0 Å². The van der Waals surface area contributed by atoms with Crippen LogP contribution >= 0.6 is 11.3 Å². The fraction of sp³-hybridized carbons (Fsp3) is 0.188. The molecule has 0 saturated carbocycles. The van der Waals surface area contributed by atoms with E-state index < -0.39 is 22.7 Å². The number of nitrogens with zero attached hydrogens (tertiary/aromatic N) is 3. The molecule has 0 bridgehead atoms. The van der Waals surface area contributed by atoms with Gasteiger partial charge in [-0.15, -0.1) is 0 Å². The molecule has 140 valence electrons. The Morgan fingerprint density at radius 1 is 1.30 bits per heavy atom.